The summed E-state index contributed by atoms with van der Waals surface area (Å²) in [7, 11) is 0. The van der Waals surface area contributed by atoms with E-state index in [0.29, 0.717) is 0 Å². The second-order valence-electron chi connectivity index (χ2n) is 3.75. The van der Waals surface area contributed by atoms with Gasteiger partial charge in [0.2, 0.25) is 0 Å². The smallest absolute Gasteiger partial charge is 0.286 e. The first-order valence-electron chi connectivity index (χ1n) is 5.32. The van der Waals surface area contributed by atoms with Gasteiger partial charge < -0.3 is 0 Å². The molecule has 16 heavy (non-hydrogen) atoms. The van der Waals surface area contributed by atoms with Gasteiger partial charge in [0, 0.05) is 12.3 Å². The van der Waals surface area contributed by atoms with E-state index in [1.165, 1.54) is 12.3 Å². The maximum Gasteiger partial charge on any atom is 0.286 e. The van der Waals surface area contributed by atoms with Crippen LogP contribution >= 0.6 is 0 Å². The third kappa shape index (κ3) is 2.03. The molecule has 0 fully saturated rings. The number of fused-ring (bicyclic) bond motifs is 1. The molecule has 0 spiro atoms. The first kappa shape index (κ1) is 10.6. The minimum Gasteiger partial charge on any atom is -0.300 e. The lowest BCUT2D eigenvalue weighted by Gasteiger charge is -1.92. The minimum atomic E-state index is -0.398. The summed E-state index contributed by atoms with van der Waals surface area (Å²) in [6, 6.07) is 3.15. The van der Waals surface area contributed by atoms with Gasteiger partial charge in [0.1, 0.15) is 5.65 Å². The number of hydrogen-bond acceptors (Lipinski definition) is 3. The van der Waals surface area contributed by atoms with Crippen molar-refractivity contribution < 1.29 is 4.92 Å². The topological polar surface area (TPSA) is 60.4 Å². The van der Waals surface area contributed by atoms with Gasteiger partial charge in [-0.1, -0.05) is 13.3 Å². The van der Waals surface area contributed by atoms with Crippen molar-refractivity contribution in [3.8, 4) is 0 Å². The highest BCUT2D eigenvalue weighted by Crippen LogP contribution is 2.14. The van der Waals surface area contributed by atoms with Crippen LogP contribution in [0.15, 0.2) is 24.5 Å². The fraction of sp³-hybridized carbons (Fsp3) is 0.364. The van der Waals surface area contributed by atoms with E-state index in [2.05, 4.69) is 11.9 Å². The lowest BCUT2D eigenvalue weighted by atomic mass is 10.2. The lowest BCUT2D eigenvalue weighted by molar-refractivity contribution is -0.385. The Hall–Kier alpha value is -1.91. The zero-order valence-electron chi connectivity index (χ0n) is 9.09. The van der Waals surface area contributed by atoms with Crippen LogP contribution in [-0.2, 0) is 6.42 Å². The summed E-state index contributed by atoms with van der Waals surface area (Å²) in [6.07, 6.45) is 6.49. The highest BCUT2D eigenvalue weighted by Gasteiger charge is 2.07. The van der Waals surface area contributed by atoms with Crippen molar-refractivity contribution in [1.29, 1.82) is 0 Å². The number of rotatable bonds is 4. The molecule has 0 aliphatic carbocycles. The maximum absolute atomic E-state index is 10.6. The van der Waals surface area contributed by atoms with E-state index in [1.54, 1.807) is 10.5 Å². The van der Waals surface area contributed by atoms with Gasteiger partial charge in [-0.15, -0.1) is 0 Å². The van der Waals surface area contributed by atoms with Crippen LogP contribution in [0.1, 0.15) is 25.5 Å². The molecule has 0 saturated heterocycles. The van der Waals surface area contributed by atoms with Crippen LogP contribution in [0, 0.1) is 10.1 Å². The number of imidazole rings is 1. The molecular formula is C11H13N3O2. The molecule has 0 amide bonds. The normalized spacial score (nSPS) is 10.8. The van der Waals surface area contributed by atoms with Crippen LogP contribution in [0.3, 0.4) is 0 Å². The van der Waals surface area contributed by atoms with Crippen LogP contribution in [0.2, 0.25) is 0 Å². The van der Waals surface area contributed by atoms with Crippen molar-refractivity contribution in [1.82, 2.24) is 9.38 Å². The molecule has 84 valence electrons. The monoisotopic (exact) mass is 219 g/mol. The van der Waals surface area contributed by atoms with Crippen molar-refractivity contribution in [2.45, 2.75) is 26.2 Å². The first-order valence-corrected chi connectivity index (χ1v) is 5.32. The molecule has 0 saturated carbocycles. The van der Waals surface area contributed by atoms with E-state index in [0.717, 1.165) is 30.6 Å². The van der Waals surface area contributed by atoms with Crippen LogP contribution in [0.4, 0.5) is 5.69 Å². The number of nitro groups is 1. The Morgan fingerprint density at radius 2 is 2.25 bits per heavy atom. The van der Waals surface area contributed by atoms with Gasteiger partial charge in [-0.25, -0.2) is 4.98 Å². The van der Waals surface area contributed by atoms with Crippen molar-refractivity contribution in [3.63, 3.8) is 0 Å². The molecule has 0 aromatic carbocycles. The molecule has 5 heteroatoms. The summed E-state index contributed by atoms with van der Waals surface area (Å²) < 4.78 is 1.71. The summed E-state index contributed by atoms with van der Waals surface area (Å²) >= 11 is 0. The Balaban J connectivity index is 2.34. The standard InChI is InChI=1S/C11H13N3O2/c1-2-3-4-9-7-13-8-10(14(15)16)5-6-11(13)12-9/h5-8H,2-4H2,1H3. The molecule has 2 heterocycles. The Morgan fingerprint density at radius 3 is 2.94 bits per heavy atom. The van der Waals surface area contributed by atoms with Crippen LogP contribution in [-0.4, -0.2) is 14.3 Å². The highest BCUT2D eigenvalue weighted by molar-refractivity contribution is 5.45. The third-order valence-electron chi connectivity index (χ3n) is 2.48. The van der Waals surface area contributed by atoms with E-state index in [1.807, 2.05) is 6.20 Å². The van der Waals surface area contributed by atoms with Crippen molar-refractivity contribution in [2.75, 3.05) is 0 Å². The summed E-state index contributed by atoms with van der Waals surface area (Å²) in [5, 5.41) is 10.6. The maximum atomic E-state index is 10.6. The average molecular weight is 219 g/mol. The second kappa shape index (κ2) is 4.30. The minimum absolute atomic E-state index is 0.0898. The molecule has 0 unspecified atom stereocenters. The van der Waals surface area contributed by atoms with Gasteiger partial charge in [-0.3, -0.25) is 14.5 Å². The van der Waals surface area contributed by atoms with E-state index in [-0.39, 0.29) is 5.69 Å². The molecule has 2 aromatic rings. The molecule has 2 rings (SSSR count). The van der Waals surface area contributed by atoms with E-state index < -0.39 is 4.92 Å². The molecule has 2 aromatic heterocycles. The fourth-order valence-corrected chi connectivity index (χ4v) is 1.62. The van der Waals surface area contributed by atoms with Gasteiger partial charge in [-0.05, 0) is 18.9 Å². The second-order valence-corrected chi connectivity index (χ2v) is 3.75. The SMILES string of the molecule is CCCCc1cn2cc([N+](=O)[O-])ccc2n1. The Labute approximate surface area is 92.9 Å². The molecule has 0 aliphatic rings. The van der Waals surface area contributed by atoms with Gasteiger partial charge in [0.05, 0.1) is 16.8 Å². The molecule has 5 nitrogen and oxygen atoms in total. The zero-order valence-corrected chi connectivity index (χ0v) is 9.09. The number of hydrogen-bond donors (Lipinski definition) is 0. The van der Waals surface area contributed by atoms with Gasteiger partial charge in [0.15, 0.2) is 0 Å². The van der Waals surface area contributed by atoms with Gasteiger partial charge >= 0.3 is 0 Å². The third-order valence-corrected chi connectivity index (χ3v) is 2.48. The summed E-state index contributed by atoms with van der Waals surface area (Å²) in [4.78, 5) is 14.6. The fourth-order valence-electron chi connectivity index (χ4n) is 1.62. The van der Waals surface area contributed by atoms with Gasteiger partial charge in [-0.2, -0.15) is 0 Å². The summed E-state index contributed by atoms with van der Waals surface area (Å²) in [5.74, 6) is 0. The number of nitrogens with zero attached hydrogens (tertiary/aromatic N) is 3. The predicted octanol–water partition coefficient (Wildman–Crippen LogP) is 2.59. The zero-order chi connectivity index (χ0) is 11.5. The number of unbranched alkanes of at least 4 members (excludes halogenated alkanes) is 1. The summed E-state index contributed by atoms with van der Waals surface area (Å²) in [6.45, 7) is 2.13. The summed E-state index contributed by atoms with van der Waals surface area (Å²) in [5.41, 5.74) is 1.84. The number of pyridine rings is 1. The van der Waals surface area contributed by atoms with Crippen molar-refractivity contribution >= 4 is 11.3 Å². The Bertz CT molecular complexity index is 519. The number of aromatic nitrogens is 2. The van der Waals surface area contributed by atoms with Crippen LogP contribution in [0.25, 0.3) is 5.65 Å². The molecule has 0 bridgehead atoms. The Morgan fingerprint density at radius 1 is 1.44 bits per heavy atom. The van der Waals surface area contributed by atoms with Crippen molar-refractivity contribution in [2.24, 2.45) is 0 Å². The predicted molar refractivity (Wildman–Crippen MR) is 60.5 cm³/mol. The highest BCUT2D eigenvalue weighted by atomic mass is 16.6. The van der Waals surface area contributed by atoms with Crippen molar-refractivity contribution in [3.05, 3.63) is 40.3 Å². The Kier molecular flexibility index (Phi) is 2.85. The van der Waals surface area contributed by atoms with Gasteiger partial charge in [0.25, 0.3) is 5.69 Å². The number of aryl methyl sites for hydroxylation is 1. The van der Waals surface area contributed by atoms with Crippen LogP contribution < -0.4 is 0 Å². The molecule has 0 N–H and O–H groups in total. The molecule has 0 aliphatic heterocycles. The van der Waals surface area contributed by atoms with E-state index in [9.17, 15) is 10.1 Å². The van der Waals surface area contributed by atoms with E-state index in [4.69, 9.17) is 0 Å². The quantitative estimate of drug-likeness (QED) is 0.586. The first-order chi connectivity index (χ1) is 7.70. The molecule has 0 radical (unpaired) electrons. The molecular weight excluding hydrogens is 206 g/mol. The molecule has 0 atom stereocenters. The lowest BCUT2D eigenvalue weighted by Crippen LogP contribution is -1.90. The average Bonchev–Trinajstić information content (AvgIpc) is 2.67. The van der Waals surface area contributed by atoms with Crippen LogP contribution in [0.5, 0.6) is 0 Å². The van der Waals surface area contributed by atoms with E-state index >= 15 is 0 Å². The largest absolute Gasteiger partial charge is 0.300 e.